The number of aromatic nitrogens is 1. The van der Waals surface area contributed by atoms with Crippen LogP contribution in [0.5, 0.6) is 0 Å². The van der Waals surface area contributed by atoms with E-state index < -0.39 is 0 Å². The van der Waals surface area contributed by atoms with Gasteiger partial charge in [0.1, 0.15) is 5.69 Å². The van der Waals surface area contributed by atoms with E-state index in [9.17, 15) is 9.90 Å². The molecule has 21 heavy (non-hydrogen) atoms. The molecule has 3 rings (SSSR count). The fourth-order valence-corrected chi connectivity index (χ4v) is 3.07. The first-order chi connectivity index (χ1) is 10.2. The van der Waals surface area contributed by atoms with E-state index in [1.165, 1.54) is 0 Å². The molecule has 0 unspecified atom stereocenters. The number of hydrogen-bond acceptors (Lipinski definition) is 3. The highest BCUT2D eigenvalue weighted by atomic mass is 16.3. The Morgan fingerprint density at radius 2 is 1.95 bits per heavy atom. The van der Waals surface area contributed by atoms with Crippen molar-refractivity contribution in [2.45, 2.75) is 25.7 Å². The summed E-state index contributed by atoms with van der Waals surface area (Å²) in [6, 6.07) is 11.4. The lowest BCUT2D eigenvalue weighted by atomic mass is 9.87. The smallest absolute Gasteiger partial charge is 0.269 e. The number of aliphatic hydroxyl groups excluding tert-OH is 1. The van der Waals surface area contributed by atoms with Crippen molar-refractivity contribution in [3.63, 3.8) is 0 Å². The molecule has 2 N–H and O–H groups in total. The number of carbonyl (C=O) groups is 1. The van der Waals surface area contributed by atoms with E-state index in [4.69, 9.17) is 0 Å². The zero-order chi connectivity index (χ0) is 14.7. The van der Waals surface area contributed by atoms with Gasteiger partial charge in [0.05, 0.1) is 12.1 Å². The third-order valence-corrected chi connectivity index (χ3v) is 4.45. The fraction of sp³-hybridized carbons (Fsp3) is 0.412. The molecule has 1 aromatic heterocycles. The summed E-state index contributed by atoms with van der Waals surface area (Å²) < 4.78 is 0. The molecule has 0 bridgehead atoms. The van der Waals surface area contributed by atoms with Gasteiger partial charge in [-0.2, -0.15) is 0 Å². The molecule has 0 spiro atoms. The van der Waals surface area contributed by atoms with Crippen molar-refractivity contribution in [2.24, 2.45) is 5.41 Å². The molecule has 0 atom stereocenters. The van der Waals surface area contributed by atoms with Crippen molar-refractivity contribution in [3.05, 3.63) is 42.1 Å². The number of para-hydroxylation sites is 1. The lowest BCUT2D eigenvalue weighted by molar-refractivity contribution is 0.0876. The molecular formula is C17H20N2O2. The molecule has 0 saturated heterocycles. The molecular weight excluding hydrogens is 264 g/mol. The highest BCUT2D eigenvalue weighted by Gasteiger charge is 2.33. The number of rotatable bonds is 4. The Hall–Kier alpha value is -1.94. The molecule has 1 heterocycles. The summed E-state index contributed by atoms with van der Waals surface area (Å²) in [5.41, 5.74) is 1.12. The molecule has 1 aliphatic rings. The van der Waals surface area contributed by atoms with Crippen molar-refractivity contribution >= 4 is 16.8 Å². The third-order valence-electron chi connectivity index (χ3n) is 4.45. The Balaban J connectivity index is 1.71. The number of nitrogens with one attached hydrogen (secondary N) is 1. The lowest BCUT2D eigenvalue weighted by Gasteiger charge is -2.26. The van der Waals surface area contributed by atoms with Crippen LogP contribution in [-0.4, -0.2) is 29.1 Å². The number of pyridine rings is 1. The molecule has 4 nitrogen and oxygen atoms in total. The van der Waals surface area contributed by atoms with Gasteiger partial charge in [0.25, 0.3) is 5.91 Å². The van der Waals surface area contributed by atoms with Crippen LogP contribution in [0.4, 0.5) is 0 Å². The van der Waals surface area contributed by atoms with Gasteiger partial charge in [-0.1, -0.05) is 37.1 Å². The zero-order valence-corrected chi connectivity index (χ0v) is 12.0. The lowest BCUT2D eigenvalue weighted by Crippen LogP contribution is -2.38. The maximum atomic E-state index is 12.2. The van der Waals surface area contributed by atoms with Crippen molar-refractivity contribution in [2.75, 3.05) is 13.2 Å². The summed E-state index contributed by atoms with van der Waals surface area (Å²) in [5.74, 6) is -0.166. The van der Waals surface area contributed by atoms with E-state index in [-0.39, 0.29) is 17.9 Å². The van der Waals surface area contributed by atoms with Crippen molar-refractivity contribution in [1.82, 2.24) is 10.3 Å². The van der Waals surface area contributed by atoms with E-state index in [2.05, 4.69) is 10.3 Å². The van der Waals surface area contributed by atoms with Crippen LogP contribution >= 0.6 is 0 Å². The van der Waals surface area contributed by atoms with E-state index >= 15 is 0 Å². The van der Waals surface area contributed by atoms with E-state index in [1.54, 1.807) is 6.07 Å². The van der Waals surface area contributed by atoms with Crippen LogP contribution in [0, 0.1) is 5.41 Å². The number of benzene rings is 1. The van der Waals surface area contributed by atoms with Gasteiger partial charge in [-0.15, -0.1) is 0 Å². The number of amides is 1. The predicted octanol–water partition coefficient (Wildman–Crippen LogP) is 2.52. The van der Waals surface area contributed by atoms with Gasteiger partial charge in [-0.3, -0.25) is 4.79 Å². The maximum Gasteiger partial charge on any atom is 0.269 e. The minimum Gasteiger partial charge on any atom is -0.396 e. The number of aliphatic hydroxyl groups is 1. The zero-order valence-electron chi connectivity index (χ0n) is 12.0. The summed E-state index contributed by atoms with van der Waals surface area (Å²) in [5, 5.41) is 13.5. The van der Waals surface area contributed by atoms with Crippen LogP contribution in [0.3, 0.4) is 0 Å². The summed E-state index contributed by atoms with van der Waals surface area (Å²) in [6.07, 6.45) is 4.22. The molecule has 4 heteroatoms. The first kappa shape index (κ1) is 14.0. The van der Waals surface area contributed by atoms with Crippen molar-refractivity contribution in [1.29, 1.82) is 0 Å². The molecule has 2 aromatic rings. The average molecular weight is 284 g/mol. The molecule has 1 aliphatic carbocycles. The Bertz CT molecular complexity index is 648. The topological polar surface area (TPSA) is 62.2 Å². The van der Waals surface area contributed by atoms with Gasteiger partial charge in [0.15, 0.2) is 0 Å². The average Bonchev–Trinajstić information content (AvgIpc) is 3.01. The number of nitrogens with zero attached hydrogens (tertiary/aromatic N) is 1. The largest absolute Gasteiger partial charge is 0.396 e. The van der Waals surface area contributed by atoms with Gasteiger partial charge in [0.2, 0.25) is 0 Å². The Kier molecular flexibility index (Phi) is 3.88. The molecule has 1 fully saturated rings. The number of hydrogen-bond donors (Lipinski definition) is 2. The normalized spacial score (nSPS) is 17.0. The van der Waals surface area contributed by atoms with Crippen molar-refractivity contribution in [3.8, 4) is 0 Å². The molecule has 1 amide bonds. The van der Waals surface area contributed by atoms with Crippen LogP contribution in [0.25, 0.3) is 10.9 Å². The Morgan fingerprint density at radius 3 is 2.71 bits per heavy atom. The van der Waals surface area contributed by atoms with E-state index in [0.717, 1.165) is 36.6 Å². The summed E-state index contributed by atoms with van der Waals surface area (Å²) in [7, 11) is 0. The predicted molar refractivity (Wildman–Crippen MR) is 82.1 cm³/mol. The Morgan fingerprint density at radius 1 is 1.19 bits per heavy atom. The summed E-state index contributed by atoms with van der Waals surface area (Å²) in [4.78, 5) is 16.6. The second-order valence-electron chi connectivity index (χ2n) is 5.94. The fourth-order valence-electron chi connectivity index (χ4n) is 3.07. The first-order valence-electron chi connectivity index (χ1n) is 7.47. The van der Waals surface area contributed by atoms with Crippen molar-refractivity contribution < 1.29 is 9.90 Å². The molecule has 110 valence electrons. The van der Waals surface area contributed by atoms with Crippen LogP contribution in [0.1, 0.15) is 36.2 Å². The highest BCUT2D eigenvalue weighted by molar-refractivity contribution is 5.94. The number of fused-ring (bicyclic) bond motifs is 1. The maximum absolute atomic E-state index is 12.2. The standard InChI is InChI=1S/C17H20N2O2/c20-12-17(9-3-4-10-17)11-18-16(21)15-8-7-13-5-1-2-6-14(13)19-15/h1-2,5-8,20H,3-4,9-12H2,(H,18,21). The first-order valence-corrected chi connectivity index (χ1v) is 7.47. The van der Waals surface area contributed by atoms with Gasteiger partial charge >= 0.3 is 0 Å². The van der Waals surface area contributed by atoms with Gasteiger partial charge in [0, 0.05) is 17.3 Å². The van der Waals surface area contributed by atoms with Gasteiger partial charge < -0.3 is 10.4 Å². The van der Waals surface area contributed by atoms with Gasteiger partial charge in [-0.05, 0) is 25.0 Å². The second kappa shape index (κ2) is 5.82. The minimum absolute atomic E-state index is 0.132. The summed E-state index contributed by atoms with van der Waals surface area (Å²) in [6.45, 7) is 0.662. The van der Waals surface area contributed by atoms with Crippen LogP contribution in [0.2, 0.25) is 0 Å². The van der Waals surface area contributed by atoms with Crippen LogP contribution < -0.4 is 5.32 Å². The second-order valence-corrected chi connectivity index (χ2v) is 5.94. The van der Waals surface area contributed by atoms with Gasteiger partial charge in [-0.25, -0.2) is 4.98 Å². The molecule has 1 saturated carbocycles. The number of carbonyl (C=O) groups excluding carboxylic acids is 1. The quantitative estimate of drug-likeness (QED) is 0.907. The monoisotopic (exact) mass is 284 g/mol. The Labute approximate surface area is 124 Å². The SMILES string of the molecule is O=C(NCC1(CO)CCCC1)c1ccc2ccccc2n1. The molecule has 0 radical (unpaired) electrons. The minimum atomic E-state index is -0.166. The molecule has 0 aliphatic heterocycles. The summed E-state index contributed by atoms with van der Waals surface area (Å²) >= 11 is 0. The third kappa shape index (κ3) is 2.90. The van der Waals surface area contributed by atoms with Crippen LogP contribution in [0.15, 0.2) is 36.4 Å². The van der Waals surface area contributed by atoms with Crippen LogP contribution in [-0.2, 0) is 0 Å². The highest BCUT2D eigenvalue weighted by Crippen LogP contribution is 2.36. The molecule has 1 aromatic carbocycles. The van der Waals surface area contributed by atoms with E-state index in [1.807, 2.05) is 30.3 Å². The van der Waals surface area contributed by atoms with E-state index in [0.29, 0.717) is 12.2 Å².